The van der Waals surface area contributed by atoms with Crippen molar-refractivity contribution in [1.29, 1.82) is 0 Å². The molecule has 1 amide bonds. The van der Waals surface area contributed by atoms with Crippen LogP contribution in [0.4, 0.5) is 5.82 Å². The van der Waals surface area contributed by atoms with Crippen molar-refractivity contribution in [3.05, 3.63) is 47.7 Å². The Bertz CT molecular complexity index is 880. The van der Waals surface area contributed by atoms with Gasteiger partial charge in [0.1, 0.15) is 11.4 Å². The highest BCUT2D eigenvalue weighted by Gasteiger charge is 2.24. The van der Waals surface area contributed by atoms with Crippen LogP contribution in [0.5, 0.6) is 0 Å². The van der Waals surface area contributed by atoms with Gasteiger partial charge in [0, 0.05) is 39.3 Å². The Hall–Kier alpha value is -2.75. The number of aromatic nitrogens is 2. The molecular weight excluding hydrogens is 410 g/mol. The Morgan fingerprint density at radius 3 is 2.66 bits per heavy atom. The van der Waals surface area contributed by atoms with Gasteiger partial charge in [0.2, 0.25) is 5.91 Å². The quantitative estimate of drug-likeness (QED) is 0.560. The third-order valence-corrected chi connectivity index (χ3v) is 5.52. The molecule has 0 radical (unpaired) electrons. The van der Waals surface area contributed by atoms with Gasteiger partial charge in [-0.25, -0.2) is 4.79 Å². The van der Waals surface area contributed by atoms with Gasteiger partial charge in [-0.3, -0.25) is 19.3 Å². The number of esters is 1. The summed E-state index contributed by atoms with van der Waals surface area (Å²) >= 11 is 0. The highest BCUT2D eigenvalue weighted by atomic mass is 16.5. The topological polar surface area (TPSA) is 88.9 Å². The van der Waals surface area contributed by atoms with Crippen LogP contribution in [0, 0.1) is 0 Å². The highest BCUT2D eigenvalue weighted by molar-refractivity contribution is 6.00. The number of hydrogen-bond acceptors (Lipinski definition) is 7. The predicted molar refractivity (Wildman–Crippen MR) is 121 cm³/mol. The maximum Gasteiger partial charge on any atom is 0.343 e. The van der Waals surface area contributed by atoms with Crippen molar-refractivity contribution in [1.82, 2.24) is 19.6 Å². The molecule has 1 unspecified atom stereocenters. The number of nitrogens with zero attached hydrogens (tertiary/aromatic N) is 4. The molecule has 1 aliphatic heterocycles. The summed E-state index contributed by atoms with van der Waals surface area (Å²) in [6.45, 7) is 9.09. The van der Waals surface area contributed by atoms with Crippen molar-refractivity contribution >= 4 is 17.7 Å². The lowest BCUT2D eigenvalue weighted by molar-refractivity contribution is -0.118. The van der Waals surface area contributed by atoms with E-state index in [4.69, 9.17) is 9.47 Å². The molecule has 0 bridgehead atoms. The Morgan fingerprint density at radius 1 is 1.25 bits per heavy atom. The number of carbonyl (C=O) groups excluding carboxylic acids is 2. The lowest BCUT2D eigenvalue weighted by Crippen LogP contribution is -2.48. The minimum atomic E-state index is -0.502. The average molecular weight is 444 g/mol. The third-order valence-electron chi connectivity index (χ3n) is 5.52. The van der Waals surface area contributed by atoms with Gasteiger partial charge in [0.15, 0.2) is 0 Å². The van der Waals surface area contributed by atoms with E-state index in [1.165, 1.54) is 10.9 Å². The number of aryl methyl sites for hydroxylation is 1. The minimum Gasteiger partial charge on any atom is -0.462 e. The van der Waals surface area contributed by atoms with E-state index < -0.39 is 5.97 Å². The van der Waals surface area contributed by atoms with Crippen molar-refractivity contribution in [2.45, 2.75) is 26.4 Å². The van der Waals surface area contributed by atoms with Crippen molar-refractivity contribution in [2.75, 3.05) is 51.3 Å². The molecule has 1 fully saturated rings. The first kappa shape index (κ1) is 23.9. The summed E-state index contributed by atoms with van der Waals surface area (Å²) in [5, 5.41) is 6.96. The van der Waals surface area contributed by atoms with E-state index in [1.54, 1.807) is 14.0 Å². The molecule has 3 rings (SSSR count). The highest BCUT2D eigenvalue weighted by Crippen LogP contribution is 2.16. The van der Waals surface area contributed by atoms with Crippen LogP contribution in [0.1, 0.15) is 29.8 Å². The lowest BCUT2D eigenvalue weighted by atomic mass is 10.1. The van der Waals surface area contributed by atoms with Crippen LogP contribution >= 0.6 is 0 Å². The standard InChI is InChI=1S/C23H33N5O4/c1-4-32-23(30)20-14-24-26(3)22(20)25-21(29)17-28(16-19-8-6-5-7-9-19)18(2)15-27-10-12-31-13-11-27/h5-9,14,18H,4,10-13,15-17H2,1-3H3,(H,25,29). The van der Waals surface area contributed by atoms with Crippen molar-refractivity contribution < 1.29 is 19.1 Å². The maximum absolute atomic E-state index is 13.0. The zero-order valence-electron chi connectivity index (χ0n) is 19.1. The molecule has 2 heterocycles. The number of benzene rings is 1. The number of morpholine rings is 1. The Kier molecular flexibility index (Phi) is 8.78. The van der Waals surface area contributed by atoms with Gasteiger partial charge in [0.05, 0.1) is 32.6 Å². The van der Waals surface area contributed by atoms with E-state index in [-0.39, 0.29) is 30.7 Å². The van der Waals surface area contributed by atoms with E-state index in [2.05, 4.69) is 39.3 Å². The van der Waals surface area contributed by atoms with E-state index in [0.717, 1.165) is 38.4 Å². The van der Waals surface area contributed by atoms with Gasteiger partial charge in [-0.1, -0.05) is 30.3 Å². The molecule has 0 aliphatic carbocycles. The number of anilines is 1. The maximum atomic E-state index is 13.0. The average Bonchev–Trinajstić information content (AvgIpc) is 3.15. The summed E-state index contributed by atoms with van der Waals surface area (Å²) in [6, 6.07) is 10.3. The molecule has 0 spiro atoms. The number of amides is 1. The number of rotatable bonds is 10. The molecule has 1 aromatic carbocycles. The van der Waals surface area contributed by atoms with Gasteiger partial charge in [0.25, 0.3) is 0 Å². The fourth-order valence-electron chi connectivity index (χ4n) is 3.76. The van der Waals surface area contributed by atoms with Gasteiger partial charge in [-0.15, -0.1) is 0 Å². The molecule has 1 saturated heterocycles. The van der Waals surface area contributed by atoms with Crippen LogP contribution in [0.2, 0.25) is 0 Å². The molecule has 9 nitrogen and oxygen atoms in total. The fourth-order valence-corrected chi connectivity index (χ4v) is 3.76. The van der Waals surface area contributed by atoms with Crippen LogP contribution in [-0.4, -0.2) is 83.5 Å². The van der Waals surface area contributed by atoms with Gasteiger partial charge < -0.3 is 14.8 Å². The molecule has 2 aromatic rings. The SMILES string of the molecule is CCOC(=O)c1cnn(C)c1NC(=O)CN(Cc1ccccc1)C(C)CN1CCOCC1. The summed E-state index contributed by atoms with van der Waals surface area (Å²) in [5.41, 5.74) is 1.39. The van der Waals surface area contributed by atoms with Crippen LogP contribution in [0.15, 0.2) is 36.5 Å². The van der Waals surface area contributed by atoms with Crippen molar-refractivity contribution in [3.8, 4) is 0 Å². The molecule has 1 aromatic heterocycles. The van der Waals surface area contributed by atoms with Gasteiger partial charge in [-0.05, 0) is 19.4 Å². The molecule has 174 valence electrons. The molecule has 1 N–H and O–H groups in total. The first-order chi connectivity index (χ1) is 15.5. The normalized spacial score (nSPS) is 15.5. The summed E-state index contributed by atoms with van der Waals surface area (Å²) in [7, 11) is 1.68. The summed E-state index contributed by atoms with van der Waals surface area (Å²) in [5.74, 6) is -0.365. The molecule has 0 saturated carbocycles. The largest absolute Gasteiger partial charge is 0.462 e. The Labute approximate surface area is 189 Å². The van der Waals surface area contributed by atoms with Crippen LogP contribution in [-0.2, 0) is 27.9 Å². The van der Waals surface area contributed by atoms with Crippen LogP contribution in [0.25, 0.3) is 0 Å². The zero-order valence-corrected chi connectivity index (χ0v) is 19.1. The zero-order chi connectivity index (χ0) is 22.9. The Balaban J connectivity index is 1.70. The van der Waals surface area contributed by atoms with E-state index in [9.17, 15) is 9.59 Å². The van der Waals surface area contributed by atoms with Crippen LogP contribution in [0.3, 0.4) is 0 Å². The number of nitrogens with one attached hydrogen (secondary N) is 1. The van der Waals surface area contributed by atoms with Gasteiger partial charge >= 0.3 is 5.97 Å². The molecule has 1 aliphatic rings. The summed E-state index contributed by atoms with van der Waals surface area (Å²) in [6.07, 6.45) is 1.41. The Morgan fingerprint density at radius 2 is 1.97 bits per heavy atom. The predicted octanol–water partition coefficient (Wildman–Crippen LogP) is 1.76. The second-order valence-corrected chi connectivity index (χ2v) is 7.95. The second kappa shape index (κ2) is 11.8. The monoisotopic (exact) mass is 443 g/mol. The summed E-state index contributed by atoms with van der Waals surface area (Å²) in [4.78, 5) is 29.7. The number of carbonyl (C=O) groups is 2. The smallest absolute Gasteiger partial charge is 0.343 e. The van der Waals surface area contributed by atoms with Crippen molar-refractivity contribution in [3.63, 3.8) is 0 Å². The molecule has 1 atom stereocenters. The first-order valence-corrected chi connectivity index (χ1v) is 11.0. The van der Waals surface area contributed by atoms with Crippen LogP contribution < -0.4 is 5.32 Å². The van der Waals surface area contributed by atoms with E-state index in [0.29, 0.717) is 12.4 Å². The first-order valence-electron chi connectivity index (χ1n) is 11.0. The number of hydrogen-bond donors (Lipinski definition) is 1. The van der Waals surface area contributed by atoms with E-state index >= 15 is 0 Å². The number of ether oxygens (including phenoxy) is 2. The summed E-state index contributed by atoms with van der Waals surface area (Å²) < 4.78 is 12.0. The minimum absolute atomic E-state index is 0.148. The van der Waals surface area contributed by atoms with Gasteiger partial charge in [-0.2, -0.15) is 5.10 Å². The van der Waals surface area contributed by atoms with E-state index in [1.807, 2.05) is 18.2 Å². The lowest BCUT2D eigenvalue weighted by Gasteiger charge is -2.34. The second-order valence-electron chi connectivity index (χ2n) is 7.95. The molecule has 9 heteroatoms. The molecular formula is C23H33N5O4. The third kappa shape index (κ3) is 6.62. The molecule has 32 heavy (non-hydrogen) atoms. The van der Waals surface area contributed by atoms with Crippen molar-refractivity contribution in [2.24, 2.45) is 7.05 Å². The fraction of sp³-hybridized carbons (Fsp3) is 0.522.